The molecule has 1 atom stereocenters. The van der Waals surface area contributed by atoms with Gasteiger partial charge in [-0.25, -0.2) is 4.39 Å². The number of hydrogen-bond acceptors (Lipinski definition) is 3. The van der Waals surface area contributed by atoms with E-state index in [-0.39, 0.29) is 17.9 Å². The second kappa shape index (κ2) is 3.70. The predicted molar refractivity (Wildman–Crippen MR) is 62.6 cm³/mol. The average Bonchev–Trinajstić information content (AvgIpc) is 2.33. The topological polar surface area (TPSA) is 44.4 Å². The first-order valence-electron chi connectivity index (χ1n) is 5.76. The first-order chi connectivity index (χ1) is 8.18. The van der Waals surface area contributed by atoms with Crippen LogP contribution in [0.15, 0.2) is 12.1 Å². The van der Waals surface area contributed by atoms with Crippen molar-refractivity contribution in [1.29, 1.82) is 0 Å². The summed E-state index contributed by atoms with van der Waals surface area (Å²) in [5, 5.41) is 6.13. The molecule has 1 fully saturated rings. The molecule has 4 nitrogen and oxygen atoms in total. The van der Waals surface area contributed by atoms with Crippen LogP contribution in [-0.2, 0) is 0 Å². The van der Waals surface area contributed by atoms with Crippen LogP contribution >= 0.6 is 0 Å². The van der Waals surface area contributed by atoms with Gasteiger partial charge in [-0.15, -0.1) is 0 Å². The molecular weight excluding hydrogens is 221 g/mol. The van der Waals surface area contributed by atoms with Gasteiger partial charge in [-0.3, -0.25) is 4.79 Å². The molecule has 2 aliphatic heterocycles. The van der Waals surface area contributed by atoms with Crippen LogP contribution < -0.4 is 15.5 Å². The number of halogens is 1. The fourth-order valence-electron chi connectivity index (χ4n) is 2.54. The Morgan fingerprint density at radius 2 is 2.29 bits per heavy atom. The van der Waals surface area contributed by atoms with Crippen molar-refractivity contribution in [3.05, 3.63) is 29.1 Å². The molecule has 0 spiro atoms. The zero-order chi connectivity index (χ0) is 12.0. The van der Waals surface area contributed by atoms with Gasteiger partial charge in [-0.1, -0.05) is 0 Å². The van der Waals surface area contributed by atoms with Gasteiger partial charge in [0.1, 0.15) is 12.0 Å². The number of rotatable bonds is 0. The molecule has 1 amide bonds. The number of piperazine rings is 1. The molecule has 17 heavy (non-hydrogen) atoms. The molecule has 0 saturated carbocycles. The van der Waals surface area contributed by atoms with E-state index in [0.717, 1.165) is 25.3 Å². The summed E-state index contributed by atoms with van der Waals surface area (Å²) in [6.07, 6.45) is -0.0198. The quantitative estimate of drug-likeness (QED) is 0.692. The zero-order valence-corrected chi connectivity index (χ0v) is 9.59. The van der Waals surface area contributed by atoms with Gasteiger partial charge in [0.15, 0.2) is 0 Å². The number of anilines is 1. The van der Waals surface area contributed by atoms with E-state index in [9.17, 15) is 9.18 Å². The van der Waals surface area contributed by atoms with E-state index in [1.807, 2.05) is 0 Å². The van der Waals surface area contributed by atoms with Crippen molar-refractivity contribution in [2.45, 2.75) is 13.1 Å². The lowest BCUT2D eigenvalue weighted by molar-refractivity contribution is 0.0921. The molecule has 90 valence electrons. The molecule has 0 bridgehead atoms. The molecule has 0 unspecified atom stereocenters. The smallest absolute Gasteiger partial charge is 0.255 e. The summed E-state index contributed by atoms with van der Waals surface area (Å²) in [4.78, 5) is 14.1. The van der Waals surface area contributed by atoms with E-state index in [1.54, 1.807) is 13.0 Å². The standard InChI is InChI=1S/C12H14FN3O/c1-7-8(13)2-3-9-11(7)12(17)15-10-6-14-4-5-16(9)10/h2-3,10,14H,4-6H2,1H3,(H,15,17)/t10-/m1/s1. The summed E-state index contributed by atoms with van der Waals surface area (Å²) < 4.78 is 13.5. The number of hydrogen-bond donors (Lipinski definition) is 2. The van der Waals surface area contributed by atoms with E-state index in [4.69, 9.17) is 0 Å². The summed E-state index contributed by atoms with van der Waals surface area (Å²) in [5.41, 5.74) is 1.75. The van der Waals surface area contributed by atoms with Gasteiger partial charge in [0.2, 0.25) is 0 Å². The molecule has 2 aliphatic rings. The van der Waals surface area contributed by atoms with Crippen molar-refractivity contribution in [2.24, 2.45) is 0 Å². The lowest BCUT2D eigenvalue weighted by atomic mass is 10.0. The minimum atomic E-state index is -0.326. The summed E-state index contributed by atoms with van der Waals surface area (Å²) in [7, 11) is 0. The van der Waals surface area contributed by atoms with Gasteiger partial charge < -0.3 is 15.5 Å². The fraction of sp³-hybridized carbons (Fsp3) is 0.417. The van der Waals surface area contributed by atoms with Crippen LogP contribution in [0, 0.1) is 12.7 Å². The maximum Gasteiger partial charge on any atom is 0.255 e. The molecule has 2 heterocycles. The second-order valence-electron chi connectivity index (χ2n) is 4.45. The average molecular weight is 235 g/mol. The first-order valence-corrected chi connectivity index (χ1v) is 5.76. The second-order valence-corrected chi connectivity index (χ2v) is 4.45. The molecule has 1 saturated heterocycles. The van der Waals surface area contributed by atoms with Gasteiger partial charge in [0, 0.05) is 19.6 Å². The van der Waals surface area contributed by atoms with Gasteiger partial charge in [0.25, 0.3) is 5.91 Å². The highest BCUT2D eigenvalue weighted by Crippen LogP contribution is 2.30. The third-order valence-corrected chi connectivity index (χ3v) is 3.45. The van der Waals surface area contributed by atoms with E-state index in [2.05, 4.69) is 15.5 Å². The Balaban J connectivity index is 2.14. The van der Waals surface area contributed by atoms with E-state index in [1.165, 1.54) is 6.07 Å². The predicted octanol–water partition coefficient (Wildman–Crippen LogP) is 0.613. The lowest BCUT2D eigenvalue weighted by Gasteiger charge is -2.42. The minimum absolute atomic E-state index is 0.0198. The molecule has 3 rings (SSSR count). The number of benzene rings is 1. The fourth-order valence-corrected chi connectivity index (χ4v) is 2.54. The minimum Gasteiger partial charge on any atom is -0.348 e. The normalized spacial score (nSPS) is 22.8. The summed E-state index contributed by atoms with van der Waals surface area (Å²) >= 11 is 0. The molecular formula is C12H14FN3O. The molecule has 1 aromatic rings. The number of carbonyl (C=O) groups excluding carboxylic acids is 1. The largest absolute Gasteiger partial charge is 0.348 e. The highest BCUT2D eigenvalue weighted by atomic mass is 19.1. The third kappa shape index (κ3) is 1.50. The highest BCUT2D eigenvalue weighted by molar-refractivity contribution is 6.03. The zero-order valence-electron chi connectivity index (χ0n) is 9.59. The Morgan fingerprint density at radius 1 is 1.47 bits per heavy atom. The summed E-state index contributed by atoms with van der Waals surface area (Å²) in [6, 6.07) is 3.14. The van der Waals surface area contributed by atoms with Crippen LogP contribution in [0.3, 0.4) is 0 Å². The monoisotopic (exact) mass is 235 g/mol. The van der Waals surface area contributed by atoms with Crippen molar-refractivity contribution >= 4 is 11.6 Å². The number of fused-ring (bicyclic) bond motifs is 3. The lowest BCUT2D eigenvalue weighted by Crippen LogP contribution is -2.62. The Kier molecular flexibility index (Phi) is 2.29. The van der Waals surface area contributed by atoms with Gasteiger partial charge >= 0.3 is 0 Å². The Labute approximate surface area is 98.8 Å². The van der Waals surface area contributed by atoms with Crippen LogP contribution in [-0.4, -0.2) is 31.7 Å². The molecule has 0 aliphatic carbocycles. The molecule has 0 radical (unpaired) electrons. The summed E-state index contributed by atoms with van der Waals surface area (Å²) in [5.74, 6) is -0.505. The Hall–Kier alpha value is -1.62. The third-order valence-electron chi connectivity index (χ3n) is 3.45. The van der Waals surface area contributed by atoms with Crippen molar-refractivity contribution < 1.29 is 9.18 Å². The van der Waals surface area contributed by atoms with Crippen molar-refractivity contribution in [2.75, 3.05) is 24.5 Å². The molecule has 1 aromatic carbocycles. The van der Waals surface area contributed by atoms with Crippen LogP contribution in [0.1, 0.15) is 15.9 Å². The van der Waals surface area contributed by atoms with Crippen LogP contribution in [0.5, 0.6) is 0 Å². The van der Waals surface area contributed by atoms with Crippen molar-refractivity contribution in [1.82, 2.24) is 10.6 Å². The molecule has 2 N–H and O–H groups in total. The van der Waals surface area contributed by atoms with Crippen LogP contribution in [0.25, 0.3) is 0 Å². The molecule has 5 heteroatoms. The van der Waals surface area contributed by atoms with Crippen LogP contribution in [0.4, 0.5) is 10.1 Å². The summed E-state index contributed by atoms with van der Waals surface area (Å²) in [6.45, 7) is 4.07. The van der Waals surface area contributed by atoms with Gasteiger partial charge in [0.05, 0.1) is 11.3 Å². The van der Waals surface area contributed by atoms with Crippen molar-refractivity contribution in [3.8, 4) is 0 Å². The van der Waals surface area contributed by atoms with E-state index in [0.29, 0.717) is 11.1 Å². The molecule has 0 aromatic heterocycles. The van der Waals surface area contributed by atoms with Crippen LogP contribution in [0.2, 0.25) is 0 Å². The number of amides is 1. The Bertz CT molecular complexity index is 489. The maximum atomic E-state index is 13.5. The van der Waals surface area contributed by atoms with E-state index >= 15 is 0 Å². The van der Waals surface area contributed by atoms with Gasteiger partial charge in [-0.2, -0.15) is 0 Å². The van der Waals surface area contributed by atoms with Gasteiger partial charge in [-0.05, 0) is 24.6 Å². The number of nitrogens with one attached hydrogen (secondary N) is 2. The first kappa shape index (κ1) is 10.5. The van der Waals surface area contributed by atoms with Crippen molar-refractivity contribution in [3.63, 3.8) is 0 Å². The van der Waals surface area contributed by atoms with E-state index < -0.39 is 0 Å². The number of nitrogens with zero attached hydrogens (tertiary/aromatic N) is 1. The SMILES string of the molecule is Cc1c(F)ccc2c1C(=O)N[C@H]1CNCCN21. The highest BCUT2D eigenvalue weighted by Gasteiger charge is 2.33. The maximum absolute atomic E-state index is 13.5. The number of carbonyl (C=O) groups is 1. The Morgan fingerprint density at radius 3 is 3.12 bits per heavy atom.